The van der Waals surface area contributed by atoms with Gasteiger partial charge in [-0.25, -0.2) is 43.7 Å². The van der Waals surface area contributed by atoms with E-state index in [4.69, 9.17) is 31.6 Å². The minimum absolute atomic E-state index is 0.00375. The highest BCUT2D eigenvalue weighted by Crippen LogP contribution is 2.55. The van der Waals surface area contributed by atoms with Crippen molar-refractivity contribution in [2.75, 3.05) is 0 Å². The van der Waals surface area contributed by atoms with Crippen molar-refractivity contribution in [1.82, 2.24) is 4.98 Å². The maximum absolute atomic E-state index is 15.4. The smallest absolute Gasteiger partial charge is 0.237 e. The second-order valence-electron chi connectivity index (χ2n) is 9.08. The average molecular weight is 585 g/mol. The lowest BCUT2D eigenvalue weighted by Gasteiger charge is -2.12. The molecule has 0 fully saturated rings. The van der Waals surface area contributed by atoms with Crippen LogP contribution in [0.5, 0.6) is 0 Å². The number of hydrogen-bond donors (Lipinski definition) is 0. The van der Waals surface area contributed by atoms with Gasteiger partial charge in [0, 0.05) is 22.3 Å². The highest BCUT2D eigenvalue weighted by molar-refractivity contribution is 6.29. The second kappa shape index (κ2) is 10.9. The molecule has 3 aromatic rings. The lowest BCUT2D eigenvalue weighted by atomic mass is 9.91. The number of pyridine rings is 1. The molecule has 5 rings (SSSR count). The Labute approximate surface area is 252 Å². The zero-order chi connectivity index (χ0) is 32.6. The van der Waals surface area contributed by atoms with Crippen LogP contribution in [0.3, 0.4) is 0 Å². The first-order chi connectivity index (χ1) is 21.7. The van der Waals surface area contributed by atoms with Crippen LogP contribution in [0.25, 0.3) is 52.9 Å². The molecular weight excluding hydrogens is 579 g/mol. The van der Waals surface area contributed by atoms with Crippen molar-refractivity contribution in [3.8, 4) is 24.3 Å². The number of hydrogen-bond acceptors (Lipinski definition) is 5. The van der Waals surface area contributed by atoms with Crippen molar-refractivity contribution in [1.29, 1.82) is 21.0 Å². The van der Waals surface area contributed by atoms with Crippen molar-refractivity contribution >= 4 is 39.2 Å². The number of allylic oxidation sites excluding steroid dienone is 7. The molecule has 204 valence electrons. The summed E-state index contributed by atoms with van der Waals surface area (Å²) in [6, 6.07) is 13.3. The lowest BCUT2D eigenvalue weighted by Crippen LogP contribution is -1.98. The zero-order valence-electron chi connectivity index (χ0n) is 22.1. The number of rotatable bonds is 2. The van der Waals surface area contributed by atoms with E-state index in [2.05, 4.69) is 24.4 Å². The molecule has 0 N–H and O–H groups in total. The monoisotopic (exact) mass is 585 g/mol. The van der Waals surface area contributed by atoms with Crippen LogP contribution >= 0.6 is 0 Å². The summed E-state index contributed by atoms with van der Waals surface area (Å²) >= 11 is 0. The molecule has 12 heteroatoms. The zero-order valence-corrected chi connectivity index (χ0v) is 22.1. The van der Waals surface area contributed by atoms with E-state index in [1.54, 1.807) is 18.2 Å². The standard InChI is InChI=1S/C33H6F3N9/c1-41-25-10-23(34)21(9-24(25)35)31-30(27(14-40)43-3)19-7-17-18(8-20(19)32(31)44-4)29(26(13-39)42-2)28(22(17)12-38)16-6-5-15(11-37)45-33(16)36/h5-10H/b29-26+,30-27-. The normalized spacial score (nSPS) is 14.7. The van der Waals surface area contributed by atoms with Crippen molar-refractivity contribution in [3.63, 3.8) is 0 Å². The van der Waals surface area contributed by atoms with Gasteiger partial charge >= 0.3 is 0 Å². The fourth-order valence-electron chi connectivity index (χ4n) is 5.22. The highest BCUT2D eigenvalue weighted by Gasteiger charge is 2.38. The molecule has 1 heterocycles. The SMILES string of the molecule is [C-]#[N+]C1=C(c2cc(F)c([N+]#[C-])cc2F)/C(=C(/C#N)[N+]#[C-])c2cc3c(cc21)/C(=C(/C#N)[N+]#[C-])C(c1ccc(C#N)nc1F)=C3C#N. The van der Waals surface area contributed by atoms with Crippen molar-refractivity contribution in [2.45, 2.75) is 0 Å². The second-order valence-corrected chi connectivity index (χ2v) is 9.08. The Morgan fingerprint density at radius 2 is 1.27 bits per heavy atom. The van der Waals surface area contributed by atoms with Gasteiger partial charge in [-0.15, -0.1) is 0 Å². The summed E-state index contributed by atoms with van der Waals surface area (Å²) in [6.07, 6.45) is 0. The van der Waals surface area contributed by atoms with Gasteiger partial charge in [-0.05, 0) is 63.7 Å². The van der Waals surface area contributed by atoms with Crippen LogP contribution in [0.15, 0.2) is 47.8 Å². The number of fused-ring (bicyclic) bond motifs is 2. The van der Waals surface area contributed by atoms with Crippen LogP contribution in [-0.2, 0) is 0 Å². The number of nitriles is 4. The van der Waals surface area contributed by atoms with E-state index in [0.717, 1.165) is 6.07 Å². The summed E-state index contributed by atoms with van der Waals surface area (Å²) in [5, 5.41) is 39.1. The minimum atomic E-state index is -1.17. The van der Waals surface area contributed by atoms with Gasteiger partial charge < -0.3 is 0 Å². The molecule has 1 aromatic heterocycles. The first-order valence-electron chi connectivity index (χ1n) is 12.2. The van der Waals surface area contributed by atoms with E-state index >= 15 is 8.78 Å². The Balaban J connectivity index is 1.95. The van der Waals surface area contributed by atoms with Gasteiger partial charge in [-0.2, -0.15) is 14.9 Å². The Bertz CT molecular complexity index is 2410. The van der Waals surface area contributed by atoms with Gasteiger partial charge in [-0.1, -0.05) is 6.07 Å². The van der Waals surface area contributed by atoms with Gasteiger partial charge in [0.1, 0.15) is 29.5 Å². The summed E-state index contributed by atoms with van der Waals surface area (Å²) in [5.41, 5.74) is -4.30. The molecule has 45 heavy (non-hydrogen) atoms. The largest absolute Gasteiger partial charge is 0.270 e. The van der Waals surface area contributed by atoms with Crippen LogP contribution in [0.2, 0.25) is 0 Å². The first-order valence-corrected chi connectivity index (χ1v) is 12.2. The Hall–Kier alpha value is -7.74. The van der Waals surface area contributed by atoms with E-state index in [9.17, 15) is 20.2 Å². The summed E-state index contributed by atoms with van der Waals surface area (Å²) in [6.45, 7) is 30.2. The molecule has 0 bridgehead atoms. The predicted octanol–water partition coefficient (Wildman–Crippen LogP) is 7.48. The van der Waals surface area contributed by atoms with Crippen LogP contribution < -0.4 is 0 Å². The lowest BCUT2D eigenvalue weighted by molar-refractivity contribution is 0.579. The molecule has 2 aliphatic carbocycles. The molecule has 0 aliphatic heterocycles. The molecule has 0 amide bonds. The Morgan fingerprint density at radius 3 is 1.80 bits per heavy atom. The number of nitrogens with zero attached hydrogens (tertiary/aromatic N) is 9. The third kappa shape index (κ3) is 4.15. The molecule has 0 radical (unpaired) electrons. The van der Waals surface area contributed by atoms with Crippen LogP contribution in [0.4, 0.5) is 18.9 Å². The predicted molar refractivity (Wildman–Crippen MR) is 152 cm³/mol. The Kier molecular flexibility index (Phi) is 6.98. The first kappa shape index (κ1) is 28.8. The van der Waals surface area contributed by atoms with E-state index in [0.29, 0.717) is 12.1 Å². The molecular formula is C33H6F3N9. The molecule has 0 saturated carbocycles. The summed E-state index contributed by atoms with van der Waals surface area (Å²) in [5.74, 6) is -3.39. The van der Waals surface area contributed by atoms with Gasteiger partial charge in [0.15, 0.2) is 0 Å². The van der Waals surface area contributed by atoms with E-state index in [1.807, 2.05) is 6.07 Å². The van der Waals surface area contributed by atoms with Gasteiger partial charge in [-0.3, -0.25) is 0 Å². The van der Waals surface area contributed by atoms with Gasteiger partial charge in [0.25, 0.3) is 11.4 Å². The summed E-state index contributed by atoms with van der Waals surface area (Å²) < 4.78 is 45.4. The van der Waals surface area contributed by atoms with Crippen molar-refractivity contribution < 1.29 is 13.2 Å². The Morgan fingerprint density at radius 1 is 0.644 bits per heavy atom. The van der Waals surface area contributed by atoms with Gasteiger partial charge in [0.05, 0.1) is 44.0 Å². The van der Waals surface area contributed by atoms with Crippen LogP contribution in [-0.4, -0.2) is 4.98 Å². The van der Waals surface area contributed by atoms with Crippen molar-refractivity contribution in [2.24, 2.45) is 0 Å². The fraction of sp³-hybridized carbons (Fsp3) is 0. The molecule has 2 aromatic carbocycles. The topological polar surface area (TPSA) is 125 Å². The van der Waals surface area contributed by atoms with E-state index in [-0.39, 0.29) is 67.1 Å². The highest BCUT2D eigenvalue weighted by atomic mass is 19.1. The maximum Gasteiger partial charge on any atom is 0.270 e. The van der Waals surface area contributed by atoms with E-state index in [1.165, 1.54) is 18.2 Å². The molecule has 0 spiro atoms. The average Bonchev–Trinajstić information content (AvgIpc) is 3.53. The molecule has 0 saturated heterocycles. The quantitative estimate of drug-likeness (QED) is 0.175. The van der Waals surface area contributed by atoms with Crippen LogP contribution in [0.1, 0.15) is 39.1 Å². The maximum atomic E-state index is 15.4. The fourth-order valence-corrected chi connectivity index (χ4v) is 5.22. The number of benzene rings is 2. The van der Waals surface area contributed by atoms with E-state index < -0.39 is 40.2 Å². The minimum Gasteiger partial charge on any atom is -0.237 e. The molecule has 0 atom stereocenters. The molecule has 9 nitrogen and oxygen atoms in total. The summed E-state index contributed by atoms with van der Waals surface area (Å²) in [4.78, 5) is 16.5. The third-order valence-electron chi connectivity index (χ3n) is 7.00. The molecule has 2 aliphatic rings. The number of aromatic nitrogens is 1. The van der Waals surface area contributed by atoms with Gasteiger partial charge in [0.2, 0.25) is 17.3 Å². The molecule has 0 unspecified atom stereocenters. The number of halogens is 3. The summed E-state index contributed by atoms with van der Waals surface area (Å²) in [7, 11) is 0. The van der Waals surface area contributed by atoms with Crippen LogP contribution in [0, 0.1) is 89.2 Å². The third-order valence-corrected chi connectivity index (χ3v) is 7.00. The van der Waals surface area contributed by atoms with Crippen molar-refractivity contribution in [3.05, 3.63) is 150 Å².